The Balaban J connectivity index is 3.08. The van der Waals surface area contributed by atoms with Gasteiger partial charge in [0.1, 0.15) is 5.69 Å². The van der Waals surface area contributed by atoms with E-state index in [4.69, 9.17) is 10.3 Å². The van der Waals surface area contributed by atoms with Gasteiger partial charge in [0, 0.05) is 11.3 Å². The Bertz CT molecular complexity index is 327. The number of aromatic amines is 1. The maximum absolute atomic E-state index is 10.4. The predicted molar refractivity (Wildman–Crippen MR) is 41.9 cm³/mol. The lowest BCUT2D eigenvalue weighted by Crippen LogP contribution is -1.95. The van der Waals surface area contributed by atoms with E-state index in [1.807, 2.05) is 0 Å². The smallest absolute Gasteiger partial charge is 0.352 e. The normalized spacial score (nSPS) is 10.8. The number of aromatic carboxylic acids is 1. The van der Waals surface area contributed by atoms with E-state index in [9.17, 15) is 4.79 Å². The molecule has 0 aliphatic rings. The highest BCUT2D eigenvalue weighted by Crippen LogP contribution is 2.07. The van der Waals surface area contributed by atoms with Crippen LogP contribution < -0.4 is 0 Å². The van der Waals surface area contributed by atoms with E-state index in [1.54, 1.807) is 6.92 Å². The van der Waals surface area contributed by atoms with E-state index in [1.165, 1.54) is 12.3 Å². The Morgan fingerprint density at radius 1 is 1.75 bits per heavy atom. The van der Waals surface area contributed by atoms with Crippen molar-refractivity contribution < 1.29 is 15.1 Å². The molecule has 0 atom stereocenters. The molecule has 12 heavy (non-hydrogen) atoms. The van der Waals surface area contributed by atoms with Gasteiger partial charge in [0.25, 0.3) is 0 Å². The quantitative estimate of drug-likeness (QED) is 0.347. The number of carboxylic acids is 1. The fourth-order valence-corrected chi connectivity index (χ4v) is 0.886. The standard InChI is InChI=1S/C7H8N2O3/c1-4-5(3-8-12)2-6(9-4)7(10)11/h2-3,9,12H,1H3,(H,10,11)/b8-3+. The second-order valence-electron chi connectivity index (χ2n) is 2.31. The molecule has 0 unspecified atom stereocenters. The Morgan fingerprint density at radius 2 is 2.42 bits per heavy atom. The Hall–Kier alpha value is -1.78. The second-order valence-corrected chi connectivity index (χ2v) is 2.31. The highest BCUT2D eigenvalue weighted by atomic mass is 16.4. The highest BCUT2D eigenvalue weighted by Gasteiger charge is 2.07. The van der Waals surface area contributed by atoms with Gasteiger partial charge in [0.2, 0.25) is 0 Å². The van der Waals surface area contributed by atoms with Crippen LogP contribution in [0.15, 0.2) is 11.2 Å². The zero-order chi connectivity index (χ0) is 9.14. The van der Waals surface area contributed by atoms with Crippen LogP contribution in [0.1, 0.15) is 21.7 Å². The molecule has 0 aliphatic carbocycles. The molecule has 0 aromatic carbocycles. The van der Waals surface area contributed by atoms with Crippen LogP contribution in [-0.2, 0) is 0 Å². The van der Waals surface area contributed by atoms with E-state index in [0.717, 1.165) is 0 Å². The van der Waals surface area contributed by atoms with Gasteiger partial charge < -0.3 is 15.3 Å². The fourth-order valence-electron chi connectivity index (χ4n) is 0.886. The van der Waals surface area contributed by atoms with Crippen LogP contribution in [-0.4, -0.2) is 27.5 Å². The molecule has 0 bridgehead atoms. The summed E-state index contributed by atoms with van der Waals surface area (Å²) in [4.78, 5) is 13.1. The molecule has 0 spiro atoms. The lowest BCUT2D eigenvalue weighted by atomic mass is 10.3. The Labute approximate surface area is 68.3 Å². The van der Waals surface area contributed by atoms with Gasteiger partial charge in [-0.05, 0) is 13.0 Å². The number of hydrogen-bond donors (Lipinski definition) is 3. The molecular weight excluding hydrogens is 160 g/mol. The number of H-pyrrole nitrogens is 1. The zero-order valence-corrected chi connectivity index (χ0v) is 6.40. The maximum atomic E-state index is 10.4. The van der Waals surface area contributed by atoms with E-state index in [0.29, 0.717) is 11.3 Å². The number of carbonyl (C=O) groups is 1. The third kappa shape index (κ3) is 1.45. The van der Waals surface area contributed by atoms with E-state index in [-0.39, 0.29) is 5.69 Å². The van der Waals surface area contributed by atoms with Crippen molar-refractivity contribution in [3.8, 4) is 0 Å². The van der Waals surface area contributed by atoms with Crippen LogP contribution in [0.3, 0.4) is 0 Å². The molecule has 5 nitrogen and oxygen atoms in total. The van der Waals surface area contributed by atoms with Gasteiger partial charge >= 0.3 is 5.97 Å². The zero-order valence-electron chi connectivity index (χ0n) is 6.40. The molecular formula is C7H8N2O3. The second kappa shape index (κ2) is 3.08. The minimum absolute atomic E-state index is 0.0856. The summed E-state index contributed by atoms with van der Waals surface area (Å²) >= 11 is 0. The Morgan fingerprint density at radius 3 is 2.83 bits per heavy atom. The van der Waals surface area contributed by atoms with Crippen molar-refractivity contribution in [3.05, 3.63) is 23.0 Å². The molecule has 1 rings (SSSR count). The molecule has 1 heterocycles. The molecule has 1 aromatic heterocycles. The third-order valence-electron chi connectivity index (χ3n) is 1.48. The van der Waals surface area contributed by atoms with Gasteiger partial charge in [-0.15, -0.1) is 0 Å². The summed E-state index contributed by atoms with van der Waals surface area (Å²) in [5, 5.41) is 19.6. The molecule has 0 saturated heterocycles. The summed E-state index contributed by atoms with van der Waals surface area (Å²) in [6.45, 7) is 1.70. The number of nitrogens with one attached hydrogen (secondary N) is 1. The molecule has 0 radical (unpaired) electrons. The third-order valence-corrected chi connectivity index (χ3v) is 1.48. The number of oxime groups is 1. The summed E-state index contributed by atoms with van der Waals surface area (Å²) in [6.07, 6.45) is 1.18. The number of hydrogen-bond acceptors (Lipinski definition) is 3. The lowest BCUT2D eigenvalue weighted by molar-refractivity contribution is 0.0691. The topological polar surface area (TPSA) is 85.7 Å². The monoisotopic (exact) mass is 168 g/mol. The first-order valence-corrected chi connectivity index (χ1v) is 3.25. The van der Waals surface area contributed by atoms with Gasteiger partial charge in [-0.1, -0.05) is 5.16 Å². The lowest BCUT2D eigenvalue weighted by Gasteiger charge is -1.85. The Kier molecular flexibility index (Phi) is 2.14. The van der Waals surface area contributed by atoms with E-state index in [2.05, 4.69) is 10.1 Å². The minimum atomic E-state index is -1.03. The molecule has 5 heteroatoms. The molecule has 1 aromatic rings. The van der Waals surface area contributed by atoms with Crippen molar-refractivity contribution in [2.75, 3.05) is 0 Å². The van der Waals surface area contributed by atoms with Crippen molar-refractivity contribution in [3.63, 3.8) is 0 Å². The summed E-state index contributed by atoms with van der Waals surface area (Å²) < 4.78 is 0. The van der Waals surface area contributed by atoms with Crippen molar-refractivity contribution in [2.45, 2.75) is 6.92 Å². The van der Waals surface area contributed by atoms with Gasteiger partial charge in [0.15, 0.2) is 0 Å². The van der Waals surface area contributed by atoms with Gasteiger partial charge in [-0.3, -0.25) is 0 Å². The average molecular weight is 168 g/mol. The molecule has 0 fully saturated rings. The first-order valence-electron chi connectivity index (χ1n) is 3.25. The van der Waals surface area contributed by atoms with Crippen LogP contribution in [0.5, 0.6) is 0 Å². The first kappa shape index (κ1) is 8.32. The number of nitrogens with zero attached hydrogens (tertiary/aromatic N) is 1. The van der Waals surface area contributed by atoms with Gasteiger partial charge in [-0.25, -0.2) is 4.79 Å². The highest BCUT2D eigenvalue weighted by molar-refractivity contribution is 5.90. The SMILES string of the molecule is Cc1[nH]c(C(=O)O)cc1/C=N/O. The fraction of sp³-hybridized carbons (Fsp3) is 0.143. The largest absolute Gasteiger partial charge is 0.477 e. The van der Waals surface area contributed by atoms with Crippen LogP contribution in [0.4, 0.5) is 0 Å². The van der Waals surface area contributed by atoms with Crippen molar-refractivity contribution in [1.29, 1.82) is 0 Å². The number of aromatic nitrogens is 1. The molecule has 0 aliphatic heterocycles. The predicted octanol–water partition coefficient (Wildman–Crippen LogP) is 0.829. The van der Waals surface area contributed by atoms with E-state index < -0.39 is 5.97 Å². The van der Waals surface area contributed by atoms with Crippen LogP contribution >= 0.6 is 0 Å². The summed E-state index contributed by atoms with van der Waals surface area (Å²) in [5.41, 5.74) is 1.31. The molecule has 64 valence electrons. The molecule has 3 N–H and O–H groups in total. The van der Waals surface area contributed by atoms with E-state index >= 15 is 0 Å². The first-order chi connectivity index (χ1) is 5.65. The van der Waals surface area contributed by atoms with Crippen LogP contribution in [0.2, 0.25) is 0 Å². The molecule has 0 amide bonds. The molecule has 0 saturated carbocycles. The minimum Gasteiger partial charge on any atom is -0.477 e. The van der Waals surface area contributed by atoms with Crippen LogP contribution in [0.25, 0.3) is 0 Å². The number of aryl methyl sites for hydroxylation is 1. The summed E-state index contributed by atoms with van der Waals surface area (Å²) in [5.74, 6) is -1.03. The number of carboxylic acid groups (broad SMARTS) is 1. The van der Waals surface area contributed by atoms with Gasteiger partial charge in [-0.2, -0.15) is 0 Å². The van der Waals surface area contributed by atoms with Crippen molar-refractivity contribution >= 4 is 12.2 Å². The van der Waals surface area contributed by atoms with Crippen LogP contribution in [0, 0.1) is 6.92 Å². The van der Waals surface area contributed by atoms with Crippen molar-refractivity contribution in [2.24, 2.45) is 5.16 Å². The summed E-state index contributed by atoms with van der Waals surface area (Å²) in [7, 11) is 0. The average Bonchev–Trinajstić information content (AvgIpc) is 2.34. The maximum Gasteiger partial charge on any atom is 0.352 e. The van der Waals surface area contributed by atoms with Gasteiger partial charge in [0.05, 0.1) is 6.21 Å². The summed E-state index contributed by atoms with van der Waals surface area (Å²) in [6, 6.07) is 1.40. The number of rotatable bonds is 2. The van der Waals surface area contributed by atoms with Crippen molar-refractivity contribution in [1.82, 2.24) is 4.98 Å².